The molecule has 1 aromatic carbocycles. The highest BCUT2D eigenvalue weighted by atomic mass is 16.3. The summed E-state index contributed by atoms with van der Waals surface area (Å²) in [6.45, 7) is 8.32. The van der Waals surface area contributed by atoms with Gasteiger partial charge in [0.1, 0.15) is 0 Å². The minimum atomic E-state index is -0.551. The van der Waals surface area contributed by atoms with Gasteiger partial charge in [0.15, 0.2) is 0 Å². The van der Waals surface area contributed by atoms with Crippen molar-refractivity contribution in [1.29, 1.82) is 0 Å². The van der Waals surface area contributed by atoms with Crippen molar-refractivity contribution in [3.05, 3.63) is 35.4 Å². The molecule has 0 saturated heterocycles. The Morgan fingerprint density at radius 1 is 1.32 bits per heavy atom. The van der Waals surface area contributed by atoms with E-state index in [0.29, 0.717) is 13.0 Å². The highest BCUT2D eigenvalue weighted by Crippen LogP contribution is 2.23. The third-order valence-electron chi connectivity index (χ3n) is 3.58. The molecule has 0 bridgehead atoms. The molecule has 1 aromatic rings. The molecule has 19 heavy (non-hydrogen) atoms. The zero-order chi connectivity index (χ0) is 14.5. The first-order valence-corrected chi connectivity index (χ1v) is 6.91. The van der Waals surface area contributed by atoms with Crippen LogP contribution in [-0.4, -0.2) is 23.7 Å². The van der Waals surface area contributed by atoms with Crippen molar-refractivity contribution >= 4 is 5.91 Å². The summed E-state index contributed by atoms with van der Waals surface area (Å²) in [4.78, 5) is 12.2. The van der Waals surface area contributed by atoms with Gasteiger partial charge in [-0.05, 0) is 39.2 Å². The van der Waals surface area contributed by atoms with Crippen molar-refractivity contribution in [2.45, 2.75) is 52.1 Å². The first-order valence-electron chi connectivity index (χ1n) is 6.91. The zero-order valence-corrected chi connectivity index (χ0v) is 12.4. The number of hydrogen-bond donors (Lipinski definition) is 2. The summed E-state index contributed by atoms with van der Waals surface area (Å²) < 4.78 is 0. The van der Waals surface area contributed by atoms with E-state index in [0.717, 1.165) is 12.0 Å². The molecule has 3 nitrogen and oxygen atoms in total. The quantitative estimate of drug-likeness (QED) is 0.828. The molecule has 0 aliphatic carbocycles. The molecular weight excluding hydrogens is 238 g/mol. The molecule has 106 valence electrons. The Kier molecular flexibility index (Phi) is 5.55. The summed E-state index contributed by atoms with van der Waals surface area (Å²) in [6.07, 6.45) is 0.992. The third kappa shape index (κ3) is 4.35. The number of amides is 1. The van der Waals surface area contributed by atoms with E-state index < -0.39 is 5.41 Å². The number of hydrogen-bond acceptors (Lipinski definition) is 2. The van der Waals surface area contributed by atoms with Crippen LogP contribution in [0, 0.1) is 6.92 Å². The van der Waals surface area contributed by atoms with E-state index in [2.05, 4.69) is 5.32 Å². The lowest BCUT2D eigenvalue weighted by Crippen LogP contribution is -2.41. The Morgan fingerprint density at radius 3 is 2.42 bits per heavy atom. The van der Waals surface area contributed by atoms with Crippen LogP contribution in [0.2, 0.25) is 0 Å². The fraction of sp³-hybridized carbons (Fsp3) is 0.562. The molecule has 1 amide bonds. The van der Waals surface area contributed by atoms with E-state index in [-0.39, 0.29) is 12.0 Å². The second kappa shape index (κ2) is 6.71. The summed E-state index contributed by atoms with van der Waals surface area (Å²) in [5.41, 5.74) is 1.64. The van der Waals surface area contributed by atoms with Crippen LogP contribution in [0.4, 0.5) is 0 Å². The summed E-state index contributed by atoms with van der Waals surface area (Å²) >= 11 is 0. The third-order valence-corrected chi connectivity index (χ3v) is 3.58. The lowest BCUT2D eigenvalue weighted by atomic mass is 9.83. The maximum atomic E-state index is 12.2. The highest BCUT2D eigenvalue weighted by Gasteiger charge is 2.29. The maximum Gasteiger partial charge on any atom is 0.230 e. The van der Waals surface area contributed by atoms with Gasteiger partial charge in [-0.1, -0.05) is 36.8 Å². The van der Waals surface area contributed by atoms with Gasteiger partial charge in [0, 0.05) is 6.54 Å². The van der Waals surface area contributed by atoms with Gasteiger partial charge in [0.2, 0.25) is 5.91 Å². The van der Waals surface area contributed by atoms with E-state index in [1.165, 1.54) is 5.56 Å². The number of aliphatic hydroxyl groups is 1. The number of carbonyl (C=O) groups is 1. The standard InChI is InChI=1S/C16H25NO2/c1-5-14(18)10-11-17-15(19)16(3,4)13-8-6-12(2)7-9-13/h6-9,14,18H,5,10-11H2,1-4H3,(H,17,19). The molecule has 0 aliphatic rings. The molecule has 3 heteroatoms. The van der Waals surface area contributed by atoms with Crippen LogP contribution in [-0.2, 0) is 10.2 Å². The van der Waals surface area contributed by atoms with Crippen molar-refractivity contribution in [1.82, 2.24) is 5.32 Å². The minimum absolute atomic E-state index is 0.000318. The molecule has 0 radical (unpaired) electrons. The van der Waals surface area contributed by atoms with Gasteiger partial charge < -0.3 is 10.4 Å². The SMILES string of the molecule is CCC(O)CCNC(=O)C(C)(C)c1ccc(C)cc1. The number of aryl methyl sites for hydroxylation is 1. The van der Waals surface area contributed by atoms with E-state index in [9.17, 15) is 9.90 Å². The second-order valence-electron chi connectivity index (χ2n) is 5.60. The molecule has 0 saturated carbocycles. The number of nitrogens with one attached hydrogen (secondary N) is 1. The first-order chi connectivity index (χ1) is 8.87. The van der Waals surface area contributed by atoms with Gasteiger partial charge in [-0.3, -0.25) is 4.79 Å². The zero-order valence-electron chi connectivity index (χ0n) is 12.4. The topological polar surface area (TPSA) is 49.3 Å². The van der Waals surface area contributed by atoms with Crippen molar-refractivity contribution < 1.29 is 9.90 Å². The van der Waals surface area contributed by atoms with Gasteiger partial charge in [0.25, 0.3) is 0 Å². The second-order valence-corrected chi connectivity index (χ2v) is 5.60. The summed E-state index contributed by atoms with van der Waals surface area (Å²) in [5, 5.41) is 12.4. The van der Waals surface area contributed by atoms with Crippen molar-refractivity contribution in [2.75, 3.05) is 6.54 Å². The Balaban J connectivity index is 2.61. The number of rotatable bonds is 6. The molecule has 2 N–H and O–H groups in total. The van der Waals surface area contributed by atoms with Gasteiger partial charge in [-0.2, -0.15) is 0 Å². The van der Waals surface area contributed by atoms with Crippen LogP contribution in [0.15, 0.2) is 24.3 Å². The summed E-state index contributed by atoms with van der Waals surface area (Å²) in [6, 6.07) is 8.03. The predicted octanol–water partition coefficient (Wildman–Crippen LogP) is 2.55. The average Bonchev–Trinajstić information content (AvgIpc) is 2.38. The van der Waals surface area contributed by atoms with Crippen LogP contribution in [0.25, 0.3) is 0 Å². The molecule has 1 unspecified atom stereocenters. The van der Waals surface area contributed by atoms with Gasteiger partial charge in [-0.25, -0.2) is 0 Å². The van der Waals surface area contributed by atoms with Crippen molar-refractivity contribution in [3.8, 4) is 0 Å². The van der Waals surface area contributed by atoms with Gasteiger partial charge >= 0.3 is 0 Å². The highest BCUT2D eigenvalue weighted by molar-refractivity contribution is 5.87. The molecule has 0 aliphatic heterocycles. The average molecular weight is 263 g/mol. The molecule has 0 aromatic heterocycles. The summed E-state index contributed by atoms with van der Waals surface area (Å²) in [7, 11) is 0. The first kappa shape index (κ1) is 15.7. The number of carbonyl (C=O) groups excluding carboxylic acids is 1. The van der Waals surface area contributed by atoms with E-state index >= 15 is 0 Å². The molecule has 0 heterocycles. The maximum absolute atomic E-state index is 12.2. The van der Waals surface area contributed by atoms with E-state index in [1.54, 1.807) is 0 Å². The smallest absolute Gasteiger partial charge is 0.230 e. The van der Waals surface area contributed by atoms with Crippen LogP contribution in [0.3, 0.4) is 0 Å². The van der Waals surface area contributed by atoms with Crippen molar-refractivity contribution in [2.24, 2.45) is 0 Å². The molecule has 0 fully saturated rings. The monoisotopic (exact) mass is 263 g/mol. The van der Waals surface area contributed by atoms with E-state index in [4.69, 9.17) is 0 Å². The lowest BCUT2D eigenvalue weighted by Gasteiger charge is -2.24. The molecular formula is C16H25NO2. The summed E-state index contributed by atoms with van der Waals surface area (Å²) in [5.74, 6) is -0.000318. The van der Waals surface area contributed by atoms with Crippen LogP contribution in [0.5, 0.6) is 0 Å². The Labute approximate surface area is 116 Å². The van der Waals surface area contributed by atoms with Crippen LogP contribution < -0.4 is 5.32 Å². The van der Waals surface area contributed by atoms with Gasteiger partial charge in [0.05, 0.1) is 11.5 Å². The van der Waals surface area contributed by atoms with Crippen LogP contribution in [0.1, 0.15) is 44.7 Å². The molecule has 1 atom stereocenters. The van der Waals surface area contributed by atoms with E-state index in [1.807, 2.05) is 52.0 Å². The Morgan fingerprint density at radius 2 is 1.89 bits per heavy atom. The lowest BCUT2D eigenvalue weighted by molar-refractivity contribution is -0.125. The Hall–Kier alpha value is -1.35. The number of benzene rings is 1. The normalized spacial score (nSPS) is 13.1. The van der Waals surface area contributed by atoms with Crippen molar-refractivity contribution in [3.63, 3.8) is 0 Å². The largest absolute Gasteiger partial charge is 0.393 e. The predicted molar refractivity (Wildman–Crippen MR) is 78.1 cm³/mol. The molecule has 1 rings (SSSR count). The Bertz CT molecular complexity index is 409. The fourth-order valence-electron chi connectivity index (χ4n) is 1.88. The minimum Gasteiger partial charge on any atom is -0.393 e. The fourth-order valence-corrected chi connectivity index (χ4v) is 1.88. The molecule has 0 spiro atoms. The van der Waals surface area contributed by atoms with Crippen LogP contribution >= 0.6 is 0 Å². The van der Waals surface area contributed by atoms with Gasteiger partial charge in [-0.15, -0.1) is 0 Å². The number of aliphatic hydroxyl groups excluding tert-OH is 1.